The van der Waals surface area contributed by atoms with Gasteiger partial charge in [-0.1, -0.05) is 12.1 Å². The van der Waals surface area contributed by atoms with Gasteiger partial charge < -0.3 is 14.8 Å². The molecule has 6 heteroatoms. The zero-order valence-electron chi connectivity index (χ0n) is 15.0. The molecule has 0 spiro atoms. The molecule has 0 radical (unpaired) electrons. The van der Waals surface area contributed by atoms with Gasteiger partial charge in [0.25, 0.3) is 0 Å². The Morgan fingerprint density at radius 1 is 1.19 bits per heavy atom. The minimum atomic E-state index is -0.246. The maximum absolute atomic E-state index is 13.5. The van der Waals surface area contributed by atoms with Crippen LogP contribution in [0.3, 0.4) is 0 Å². The number of anilines is 1. The molecule has 1 amide bonds. The molecule has 138 valence electrons. The number of carbonyl (C=O) groups excluding carboxylic acids is 1. The number of hydrogen-bond acceptors (Lipinski definition) is 4. The lowest BCUT2D eigenvalue weighted by Gasteiger charge is -2.24. The fourth-order valence-corrected chi connectivity index (χ4v) is 3.41. The van der Waals surface area contributed by atoms with E-state index in [1.807, 2.05) is 6.07 Å². The van der Waals surface area contributed by atoms with E-state index in [1.54, 1.807) is 44.6 Å². The van der Waals surface area contributed by atoms with Gasteiger partial charge in [0.05, 0.1) is 20.8 Å². The van der Waals surface area contributed by atoms with Gasteiger partial charge in [-0.25, -0.2) is 4.39 Å². The SMILES string of the molecule is COc1ccc(NC(=O)CN2CCCC2c2cccc(F)c2)cc1OC. The molecule has 2 aromatic carbocycles. The third kappa shape index (κ3) is 4.14. The second kappa shape index (κ2) is 8.19. The van der Waals surface area contributed by atoms with Crippen LogP contribution in [-0.4, -0.2) is 38.1 Å². The highest BCUT2D eigenvalue weighted by Crippen LogP contribution is 2.32. The molecule has 1 heterocycles. The molecule has 1 aliphatic rings. The molecule has 1 fully saturated rings. The van der Waals surface area contributed by atoms with E-state index in [-0.39, 0.29) is 24.3 Å². The van der Waals surface area contributed by atoms with E-state index in [2.05, 4.69) is 10.2 Å². The first-order valence-electron chi connectivity index (χ1n) is 8.62. The van der Waals surface area contributed by atoms with Crippen molar-refractivity contribution in [3.8, 4) is 11.5 Å². The van der Waals surface area contributed by atoms with Gasteiger partial charge in [0.15, 0.2) is 11.5 Å². The van der Waals surface area contributed by atoms with Crippen LogP contribution in [0.1, 0.15) is 24.4 Å². The predicted octanol–water partition coefficient (Wildman–Crippen LogP) is 3.62. The van der Waals surface area contributed by atoms with Crippen molar-refractivity contribution in [1.29, 1.82) is 0 Å². The fraction of sp³-hybridized carbons (Fsp3) is 0.350. The van der Waals surface area contributed by atoms with Gasteiger partial charge in [0.2, 0.25) is 5.91 Å². The minimum absolute atomic E-state index is 0.0712. The van der Waals surface area contributed by atoms with Gasteiger partial charge in [-0.2, -0.15) is 0 Å². The molecule has 2 aromatic rings. The van der Waals surface area contributed by atoms with E-state index in [0.717, 1.165) is 24.9 Å². The highest BCUT2D eigenvalue weighted by molar-refractivity contribution is 5.92. The molecule has 0 saturated carbocycles. The number of halogens is 1. The average Bonchev–Trinajstić information content (AvgIpc) is 3.09. The summed E-state index contributed by atoms with van der Waals surface area (Å²) in [5.74, 6) is 0.810. The van der Waals surface area contributed by atoms with Crippen LogP contribution in [0.5, 0.6) is 11.5 Å². The quantitative estimate of drug-likeness (QED) is 0.857. The van der Waals surface area contributed by atoms with Crippen LogP contribution >= 0.6 is 0 Å². The number of hydrogen-bond donors (Lipinski definition) is 1. The molecular weight excluding hydrogens is 335 g/mol. The van der Waals surface area contributed by atoms with E-state index in [9.17, 15) is 9.18 Å². The first-order valence-corrected chi connectivity index (χ1v) is 8.62. The lowest BCUT2D eigenvalue weighted by atomic mass is 10.0. The number of likely N-dealkylation sites (tertiary alicyclic amines) is 1. The van der Waals surface area contributed by atoms with Gasteiger partial charge in [0, 0.05) is 17.8 Å². The Morgan fingerprint density at radius 2 is 2.00 bits per heavy atom. The number of ether oxygens (including phenoxy) is 2. The van der Waals surface area contributed by atoms with Crippen molar-refractivity contribution in [3.63, 3.8) is 0 Å². The molecule has 1 unspecified atom stereocenters. The second-order valence-electron chi connectivity index (χ2n) is 6.30. The number of nitrogens with zero attached hydrogens (tertiary/aromatic N) is 1. The van der Waals surface area contributed by atoms with E-state index in [1.165, 1.54) is 6.07 Å². The van der Waals surface area contributed by atoms with Crippen LogP contribution in [0.2, 0.25) is 0 Å². The standard InChI is InChI=1S/C20H23FN2O3/c1-25-18-9-8-16(12-19(18)26-2)22-20(24)13-23-10-4-7-17(23)14-5-3-6-15(21)11-14/h3,5-6,8-9,11-12,17H,4,7,10,13H2,1-2H3,(H,22,24). The Hall–Kier alpha value is -2.60. The van der Waals surface area contributed by atoms with Crippen molar-refractivity contribution in [3.05, 3.63) is 53.8 Å². The number of nitrogens with one attached hydrogen (secondary N) is 1. The van der Waals surface area contributed by atoms with Gasteiger partial charge in [-0.05, 0) is 49.2 Å². The Morgan fingerprint density at radius 3 is 2.73 bits per heavy atom. The summed E-state index contributed by atoms with van der Waals surface area (Å²) in [6.45, 7) is 1.08. The maximum atomic E-state index is 13.5. The third-order valence-electron chi connectivity index (χ3n) is 4.61. The smallest absolute Gasteiger partial charge is 0.238 e. The number of methoxy groups -OCH3 is 2. The normalized spacial score (nSPS) is 17.1. The van der Waals surface area contributed by atoms with E-state index >= 15 is 0 Å². The zero-order chi connectivity index (χ0) is 18.5. The van der Waals surface area contributed by atoms with Crippen molar-refractivity contribution in [2.75, 3.05) is 32.6 Å². The van der Waals surface area contributed by atoms with Crippen molar-refractivity contribution >= 4 is 11.6 Å². The van der Waals surface area contributed by atoms with E-state index in [4.69, 9.17) is 9.47 Å². The Labute approximate surface area is 152 Å². The average molecular weight is 358 g/mol. The molecule has 26 heavy (non-hydrogen) atoms. The molecular formula is C20H23FN2O3. The molecule has 1 saturated heterocycles. The largest absolute Gasteiger partial charge is 0.493 e. The molecule has 5 nitrogen and oxygen atoms in total. The van der Waals surface area contributed by atoms with Crippen LogP contribution in [0.4, 0.5) is 10.1 Å². The fourth-order valence-electron chi connectivity index (χ4n) is 3.41. The zero-order valence-corrected chi connectivity index (χ0v) is 15.0. The molecule has 1 atom stereocenters. The Bertz CT molecular complexity index is 781. The summed E-state index contributed by atoms with van der Waals surface area (Å²) in [4.78, 5) is 14.6. The molecule has 0 aromatic heterocycles. The summed E-state index contributed by atoms with van der Waals surface area (Å²) >= 11 is 0. The van der Waals surface area contributed by atoms with Gasteiger partial charge in [-0.3, -0.25) is 9.69 Å². The van der Waals surface area contributed by atoms with E-state index < -0.39 is 0 Å². The van der Waals surface area contributed by atoms with Crippen molar-refractivity contribution in [2.45, 2.75) is 18.9 Å². The lowest BCUT2D eigenvalue weighted by molar-refractivity contribution is -0.117. The number of amides is 1. The highest BCUT2D eigenvalue weighted by Gasteiger charge is 2.27. The summed E-state index contributed by atoms with van der Waals surface area (Å²) < 4.78 is 24.0. The lowest BCUT2D eigenvalue weighted by Crippen LogP contribution is -2.33. The van der Waals surface area contributed by atoms with Crippen LogP contribution in [0.15, 0.2) is 42.5 Å². The van der Waals surface area contributed by atoms with Crippen molar-refractivity contribution < 1.29 is 18.7 Å². The van der Waals surface area contributed by atoms with Gasteiger partial charge >= 0.3 is 0 Å². The molecule has 0 aliphatic carbocycles. The third-order valence-corrected chi connectivity index (χ3v) is 4.61. The van der Waals surface area contributed by atoms with Gasteiger partial charge in [-0.15, -0.1) is 0 Å². The van der Waals surface area contributed by atoms with Crippen molar-refractivity contribution in [2.24, 2.45) is 0 Å². The summed E-state index contributed by atoms with van der Waals surface area (Å²) in [7, 11) is 3.12. The number of carbonyl (C=O) groups is 1. The topological polar surface area (TPSA) is 50.8 Å². The number of benzene rings is 2. The molecule has 1 N–H and O–H groups in total. The summed E-state index contributed by atoms with van der Waals surface area (Å²) in [5.41, 5.74) is 1.57. The van der Waals surface area contributed by atoms with Crippen LogP contribution < -0.4 is 14.8 Å². The summed E-state index contributed by atoms with van der Waals surface area (Å²) in [6.07, 6.45) is 1.91. The van der Waals surface area contributed by atoms with E-state index in [0.29, 0.717) is 17.2 Å². The Kier molecular flexibility index (Phi) is 5.73. The van der Waals surface area contributed by atoms with Gasteiger partial charge in [0.1, 0.15) is 5.82 Å². The molecule has 1 aliphatic heterocycles. The number of rotatable bonds is 6. The molecule has 3 rings (SSSR count). The molecule has 0 bridgehead atoms. The van der Waals surface area contributed by atoms with Crippen LogP contribution in [0.25, 0.3) is 0 Å². The Balaban J connectivity index is 1.66. The monoisotopic (exact) mass is 358 g/mol. The minimum Gasteiger partial charge on any atom is -0.493 e. The second-order valence-corrected chi connectivity index (χ2v) is 6.30. The first kappa shape index (κ1) is 18.2. The highest BCUT2D eigenvalue weighted by atomic mass is 19.1. The first-order chi connectivity index (χ1) is 12.6. The van der Waals surface area contributed by atoms with Crippen molar-refractivity contribution in [1.82, 2.24) is 4.90 Å². The predicted molar refractivity (Wildman–Crippen MR) is 98.1 cm³/mol. The van der Waals surface area contributed by atoms with Crippen LogP contribution in [0, 0.1) is 5.82 Å². The summed E-state index contributed by atoms with van der Waals surface area (Å²) in [5, 5.41) is 2.89. The maximum Gasteiger partial charge on any atom is 0.238 e. The summed E-state index contributed by atoms with van der Waals surface area (Å²) in [6, 6.07) is 11.9. The van der Waals surface area contributed by atoms with Crippen LogP contribution in [-0.2, 0) is 4.79 Å².